The molecule has 0 saturated carbocycles. The molecule has 0 bridgehead atoms. The molecule has 124 valence electrons. The third kappa shape index (κ3) is 4.37. The second-order valence-corrected chi connectivity index (χ2v) is 7.97. The smallest absolute Gasteiger partial charge is 0.136 e. The Morgan fingerprint density at radius 1 is 1.20 bits per heavy atom. The third-order valence-electron chi connectivity index (χ3n) is 3.49. The summed E-state index contributed by atoms with van der Waals surface area (Å²) in [6.45, 7) is 2.03. The topological polar surface area (TPSA) is 48.7 Å². The van der Waals surface area contributed by atoms with Gasteiger partial charge in [-0.05, 0) is 52.7 Å². The maximum atomic E-state index is 9.48. The van der Waals surface area contributed by atoms with E-state index >= 15 is 0 Å². The maximum Gasteiger partial charge on any atom is 0.136 e. The van der Waals surface area contributed by atoms with E-state index in [1.807, 2.05) is 54.8 Å². The Kier molecular flexibility index (Phi) is 5.69. The van der Waals surface area contributed by atoms with Crippen LogP contribution in [-0.2, 0) is 0 Å². The highest BCUT2D eigenvalue weighted by molar-refractivity contribution is 9.10. The SMILES string of the molecule is Cc1ccc(N/C=C(\C#N)c2nc(-c3ccc(Br)cc3)cs2)c(Br)c1. The van der Waals surface area contributed by atoms with Gasteiger partial charge in [0.15, 0.2) is 0 Å². The summed E-state index contributed by atoms with van der Waals surface area (Å²) >= 11 is 8.41. The van der Waals surface area contributed by atoms with Crippen LogP contribution >= 0.6 is 43.2 Å². The largest absolute Gasteiger partial charge is 0.359 e. The number of allylic oxidation sites excluding steroid dienone is 1. The van der Waals surface area contributed by atoms with Crippen molar-refractivity contribution in [2.75, 3.05) is 5.32 Å². The molecule has 6 heteroatoms. The second-order valence-electron chi connectivity index (χ2n) is 5.34. The van der Waals surface area contributed by atoms with Crippen molar-refractivity contribution in [2.45, 2.75) is 6.92 Å². The van der Waals surface area contributed by atoms with Crippen molar-refractivity contribution in [2.24, 2.45) is 0 Å². The minimum atomic E-state index is 0.501. The van der Waals surface area contributed by atoms with Gasteiger partial charge in [0.1, 0.15) is 16.6 Å². The molecule has 3 nitrogen and oxygen atoms in total. The summed E-state index contributed by atoms with van der Waals surface area (Å²) in [7, 11) is 0. The highest BCUT2D eigenvalue weighted by atomic mass is 79.9. The molecule has 0 atom stereocenters. The number of nitrogens with zero attached hydrogens (tertiary/aromatic N) is 2. The van der Waals surface area contributed by atoms with Crippen LogP contribution in [0.4, 0.5) is 5.69 Å². The fraction of sp³-hybridized carbons (Fsp3) is 0.0526. The van der Waals surface area contributed by atoms with Crippen LogP contribution in [0, 0.1) is 18.3 Å². The monoisotopic (exact) mass is 473 g/mol. The zero-order valence-corrected chi connectivity index (χ0v) is 17.2. The van der Waals surface area contributed by atoms with Crippen molar-refractivity contribution in [1.29, 1.82) is 5.26 Å². The summed E-state index contributed by atoms with van der Waals surface area (Å²) in [5.74, 6) is 0. The number of halogens is 2. The number of hydrogen-bond donors (Lipinski definition) is 1. The Labute approximate surface area is 167 Å². The van der Waals surface area contributed by atoms with Gasteiger partial charge in [-0.15, -0.1) is 11.3 Å². The maximum absolute atomic E-state index is 9.48. The quantitative estimate of drug-likeness (QED) is 0.432. The molecule has 3 rings (SSSR count). The van der Waals surface area contributed by atoms with Crippen LogP contribution in [-0.4, -0.2) is 4.98 Å². The number of aromatic nitrogens is 1. The van der Waals surface area contributed by atoms with Crippen LogP contribution in [0.2, 0.25) is 0 Å². The number of nitriles is 1. The predicted octanol–water partition coefficient (Wildman–Crippen LogP) is 6.62. The van der Waals surface area contributed by atoms with Gasteiger partial charge in [0, 0.05) is 26.1 Å². The van der Waals surface area contributed by atoms with Gasteiger partial charge in [-0.2, -0.15) is 5.26 Å². The first-order valence-electron chi connectivity index (χ1n) is 7.41. The molecular weight excluding hydrogens is 462 g/mol. The van der Waals surface area contributed by atoms with Crippen LogP contribution in [0.3, 0.4) is 0 Å². The van der Waals surface area contributed by atoms with Crippen molar-refractivity contribution in [3.8, 4) is 17.3 Å². The lowest BCUT2D eigenvalue weighted by atomic mass is 10.2. The summed E-state index contributed by atoms with van der Waals surface area (Å²) in [6, 6.07) is 16.2. The van der Waals surface area contributed by atoms with Gasteiger partial charge in [-0.25, -0.2) is 4.98 Å². The van der Waals surface area contributed by atoms with Gasteiger partial charge in [-0.1, -0.05) is 34.1 Å². The lowest BCUT2D eigenvalue weighted by molar-refractivity contribution is 1.36. The van der Waals surface area contributed by atoms with Gasteiger partial charge in [0.05, 0.1) is 11.4 Å². The minimum Gasteiger partial charge on any atom is -0.359 e. The lowest BCUT2D eigenvalue weighted by Gasteiger charge is -2.05. The van der Waals surface area contributed by atoms with Crippen LogP contribution in [0.5, 0.6) is 0 Å². The van der Waals surface area contributed by atoms with Gasteiger partial charge < -0.3 is 5.32 Å². The van der Waals surface area contributed by atoms with E-state index < -0.39 is 0 Å². The first-order valence-corrected chi connectivity index (χ1v) is 9.88. The molecule has 25 heavy (non-hydrogen) atoms. The summed E-state index contributed by atoms with van der Waals surface area (Å²) in [5, 5.41) is 15.3. The van der Waals surface area contributed by atoms with E-state index in [2.05, 4.69) is 48.2 Å². The molecule has 0 unspecified atom stereocenters. The molecule has 0 aliphatic carbocycles. The molecule has 0 saturated heterocycles. The standard InChI is InChI=1S/C19H13Br2N3S/c1-12-2-7-17(16(21)8-12)23-10-14(9-22)19-24-18(11-25-19)13-3-5-15(20)6-4-13/h2-8,10-11,23H,1H3/b14-10+. The van der Waals surface area contributed by atoms with E-state index in [9.17, 15) is 5.26 Å². The molecule has 0 spiro atoms. The molecule has 1 N–H and O–H groups in total. The Morgan fingerprint density at radius 2 is 1.96 bits per heavy atom. The van der Waals surface area contributed by atoms with Crippen LogP contribution in [0.1, 0.15) is 10.6 Å². The number of rotatable bonds is 4. The fourth-order valence-electron chi connectivity index (χ4n) is 2.18. The highest BCUT2D eigenvalue weighted by Gasteiger charge is 2.09. The van der Waals surface area contributed by atoms with Gasteiger partial charge in [0.2, 0.25) is 0 Å². The molecule has 1 heterocycles. The molecule has 1 aromatic heterocycles. The number of anilines is 1. The molecule has 0 aliphatic heterocycles. The first-order chi connectivity index (χ1) is 12.1. The molecule has 0 aliphatic rings. The molecule has 3 aromatic rings. The Hall–Kier alpha value is -1.94. The minimum absolute atomic E-state index is 0.501. The summed E-state index contributed by atoms with van der Waals surface area (Å²) in [5.41, 5.74) is 4.47. The zero-order valence-electron chi connectivity index (χ0n) is 13.3. The van der Waals surface area contributed by atoms with E-state index in [4.69, 9.17) is 0 Å². The van der Waals surface area contributed by atoms with E-state index in [0.29, 0.717) is 10.6 Å². The molecule has 0 radical (unpaired) electrons. The summed E-state index contributed by atoms with van der Waals surface area (Å²) < 4.78 is 1.98. The molecular formula is C19H13Br2N3S. The first kappa shape index (κ1) is 17.9. The second kappa shape index (κ2) is 7.96. The van der Waals surface area contributed by atoms with E-state index in [1.54, 1.807) is 6.20 Å². The van der Waals surface area contributed by atoms with Crippen LogP contribution in [0.25, 0.3) is 16.8 Å². The van der Waals surface area contributed by atoms with Crippen molar-refractivity contribution in [1.82, 2.24) is 4.98 Å². The lowest BCUT2D eigenvalue weighted by Crippen LogP contribution is -1.92. The predicted molar refractivity (Wildman–Crippen MR) is 111 cm³/mol. The number of benzene rings is 2. The highest BCUT2D eigenvalue weighted by Crippen LogP contribution is 2.28. The van der Waals surface area contributed by atoms with Gasteiger partial charge in [-0.3, -0.25) is 0 Å². The van der Waals surface area contributed by atoms with Gasteiger partial charge in [0.25, 0.3) is 0 Å². The van der Waals surface area contributed by atoms with Crippen LogP contribution < -0.4 is 5.32 Å². The van der Waals surface area contributed by atoms with E-state index in [-0.39, 0.29) is 0 Å². The fourth-order valence-corrected chi connectivity index (χ4v) is 3.85. The van der Waals surface area contributed by atoms with Crippen molar-refractivity contribution in [3.05, 3.63) is 73.6 Å². The van der Waals surface area contributed by atoms with Crippen molar-refractivity contribution >= 4 is 54.5 Å². The number of hydrogen-bond acceptors (Lipinski definition) is 4. The number of thiazole rings is 1. The Morgan fingerprint density at radius 3 is 2.64 bits per heavy atom. The van der Waals surface area contributed by atoms with Crippen molar-refractivity contribution < 1.29 is 0 Å². The van der Waals surface area contributed by atoms with E-state index in [1.165, 1.54) is 16.9 Å². The third-order valence-corrected chi connectivity index (χ3v) is 5.55. The normalized spacial score (nSPS) is 11.2. The molecule has 0 fully saturated rings. The summed E-state index contributed by atoms with van der Waals surface area (Å²) in [4.78, 5) is 4.59. The van der Waals surface area contributed by atoms with Crippen LogP contribution in [0.15, 0.2) is 63.0 Å². The average molecular weight is 475 g/mol. The van der Waals surface area contributed by atoms with E-state index in [0.717, 1.165) is 25.9 Å². The Balaban J connectivity index is 1.84. The average Bonchev–Trinajstić information content (AvgIpc) is 3.07. The zero-order chi connectivity index (χ0) is 17.8. The number of nitrogens with one attached hydrogen (secondary N) is 1. The Bertz CT molecular complexity index is 969. The number of aryl methyl sites for hydroxylation is 1. The molecule has 0 amide bonds. The molecule has 2 aromatic carbocycles. The van der Waals surface area contributed by atoms with Gasteiger partial charge >= 0.3 is 0 Å². The van der Waals surface area contributed by atoms with Crippen molar-refractivity contribution in [3.63, 3.8) is 0 Å². The summed E-state index contributed by atoms with van der Waals surface area (Å²) in [6.07, 6.45) is 1.69.